The summed E-state index contributed by atoms with van der Waals surface area (Å²) in [7, 11) is 0. The van der Waals surface area contributed by atoms with Crippen molar-refractivity contribution >= 4 is 47.0 Å². The van der Waals surface area contributed by atoms with Gasteiger partial charge in [-0.2, -0.15) is 0 Å². The summed E-state index contributed by atoms with van der Waals surface area (Å²) in [6.07, 6.45) is 0.789. The third-order valence-electron chi connectivity index (χ3n) is 4.51. The molecule has 28 heavy (non-hydrogen) atoms. The Balaban J connectivity index is 0.00000280. The highest BCUT2D eigenvalue weighted by molar-refractivity contribution is 14.0. The first-order valence-electron chi connectivity index (χ1n) is 9.14. The van der Waals surface area contributed by atoms with Gasteiger partial charge in [0.05, 0.1) is 17.2 Å². The maximum absolute atomic E-state index is 14.0. The molecule has 1 aromatic heterocycles. The van der Waals surface area contributed by atoms with Crippen LogP contribution in [-0.4, -0.2) is 36.6 Å². The van der Waals surface area contributed by atoms with E-state index in [2.05, 4.69) is 20.6 Å². The van der Waals surface area contributed by atoms with Crippen LogP contribution in [0.25, 0.3) is 0 Å². The summed E-state index contributed by atoms with van der Waals surface area (Å²) in [5.41, 5.74) is 1.07. The molecular formula is C19H26F2IN5S. The van der Waals surface area contributed by atoms with Gasteiger partial charge in [-0.1, -0.05) is 6.07 Å². The van der Waals surface area contributed by atoms with E-state index in [0.717, 1.165) is 28.5 Å². The van der Waals surface area contributed by atoms with E-state index in [0.29, 0.717) is 25.6 Å². The minimum Gasteiger partial charge on any atom is -0.365 e. The first-order valence-corrected chi connectivity index (χ1v) is 9.96. The van der Waals surface area contributed by atoms with Crippen molar-refractivity contribution in [3.8, 4) is 0 Å². The molecule has 9 heteroatoms. The zero-order valence-corrected chi connectivity index (χ0v) is 19.4. The number of guanidine groups is 1. The van der Waals surface area contributed by atoms with Crippen molar-refractivity contribution in [3.63, 3.8) is 0 Å². The third-order valence-corrected chi connectivity index (χ3v) is 5.57. The average molecular weight is 521 g/mol. The maximum atomic E-state index is 14.0. The highest BCUT2D eigenvalue weighted by Crippen LogP contribution is 2.26. The van der Waals surface area contributed by atoms with E-state index in [-0.39, 0.29) is 35.7 Å². The molecule has 2 aromatic rings. The fourth-order valence-corrected chi connectivity index (χ4v) is 4.12. The Hall–Kier alpha value is -1.49. The number of aryl methyl sites for hydroxylation is 2. The highest BCUT2D eigenvalue weighted by Gasteiger charge is 2.27. The molecule has 1 aliphatic heterocycles. The number of hydrogen-bond donors (Lipinski definition) is 2. The molecular weight excluding hydrogens is 495 g/mol. The number of nitrogens with zero attached hydrogens (tertiary/aromatic N) is 3. The van der Waals surface area contributed by atoms with Crippen molar-refractivity contribution in [2.24, 2.45) is 4.99 Å². The van der Waals surface area contributed by atoms with Crippen LogP contribution in [0.2, 0.25) is 0 Å². The monoisotopic (exact) mass is 521 g/mol. The Kier molecular flexibility index (Phi) is 8.41. The molecule has 2 N–H and O–H groups in total. The van der Waals surface area contributed by atoms with Crippen molar-refractivity contribution in [2.45, 2.75) is 39.8 Å². The number of benzene rings is 1. The predicted octanol–water partition coefficient (Wildman–Crippen LogP) is 3.99. The molecule has 0 amide bonds. The van der Waals surface area contributed by atoms with Crippen LogP contribution in [-0.2, 0) is 6.54 Å². The van der Waals surface area contributed by atoms with Gasteiger partial charge in [-0.3, -0.25) is 0 Å². The summed E-state index contributed by atoms with van der Waals surface area (Å²) in [5.74, 6) is -0.330. The van der Waals surface area contributed by atoms with Crippen molar-refractivity contribution in [2.75, 3.05) is 24.5 Å². The number of hydrogen-bond acceptors (Lipinski definition) is 4. The minimum atomic E-state index is -0.521. The molecule has 154 valence electrons. The van der Waals surface area contributed by atoms with Gasteiger partial charge in [0.2, 0.25) is 0 Å². The normalized spacial score (nSPS) is 16.8. The molecule has 0 spiro atoms. The van der Waals surface area contributed by atoms with Gasteiger partial charge in [0.1, 0.15) is 17.3 Å². The summed E-state index contributed by atoms with van der Waals surface area (Å²) < 4.78 is 28.0. The largest absolute Gasteiger partial charge is 0.365 e. The lowest BCUT2D eigenvalue weighted by molar-refractivity contribution is 0.576. The van der Waals surface area contributed by atoms with Gasteiger partial charge in [0.15, 0.2) is 5.96 Å². The first kappa shape index (κ1) is 22.8. The number of para-hydroxylation sites is 1. The lowest BCUT2D eigenvalue weighted by atomic mass is 10.2. The topological polar surface area (TPSA) is 52.6 Å². The van der Waals surface area contributed by atoms with E-state index in [4.69, 9.17) is 0 Å². The van der Waals surface area contributed by atoms with E-state index in [1.165, 1.54) is 18.2 Å². The van der Waals surface area contributed by atoms with Gasteiger partial charge in [-0.15, -0.1) is 35.3 Å². The molecule has 1 fully saturated rings. The van der Waals surface area contributed by atoms with Crippen LogP contribution in [0.5, 0.6) is 0 Å². The SMILES string of the molecule is CCNC(=NCc1sc(C)nc1C)NC1CCN(c2c(F)cccc2F)C1.I. The standard InChI is InChI=1S/C19H25F2N5S.HI/c1-4-22-19(23-10-17-12(2)24-13(3)27-17)25-14-8-9-26(11-14)18-15(20)6-5-7-16(18)21;/h5-7,14H,4,8-11H2,1-3H3,(H2,22,23,25);1H. The molecule has 0 bridgehead atoms. The number of aliphatic imine (C=N–C) groups is 1. The summed E-state index contributed by atoms with van der Waals surface area (Å²) in [6.45, 7) is 8.42. The van der Waals surface area contributed by atoms with Crippen LogP contribution in [0.1, 0.15) is 28.9 Å². The maximum Gasteiger partial charge on any atom is 0.191 e. The van der Waals surface area contributed by atoms with Gasteiger partial charge in [-0.25, -0.2) is 18.8 Å². The lowest BCUT2D eigenvalue weighted by Gasteiger charge is -2.21. The molecule has 2 heterocycles. The van der Waals surface area contributed by atoms with Crippen LogP contribution < -0.4 is 15.5 Å². The summed E-state index contributed by atoms with van der Waals surface area (Å²) in [6, 6.07) is 4.05. The fraction of sp³-hybridized carbons (Fsp3) is 0.474. The Morgan fingerprint density at radius 1 is 1.32 bits per heavy atom. The van der Waals surface area contributed by atoms with Gasteiger partial charge >= 0.3 is 0 Å². The van der Waals surface area contributed by atoms with Crippen molar-refractivity contribution in [3.05, 3.63) is 45.4 Å². The molecule has 1 aromatic carbocycles. The van der Waals surface area contributed by atoms with Crippen molar-refractivity contribution in [1.82, 2.24) is 15.6 Å². The molecule has 1 aliphatic rings. The van der Waals surface area contributed by atoms with Gasteiger partial charge < -0.3 is 15.5 Å². The van der Waals surface area contributed by atoms with E-state index in [9.17, 15) is 8.78 Å². The van der Waals surface area contributed by atoms with Gasteiger partial charge in [0, 0.05) is 30.6 Å². The second-order valence-corrected chi connectivity index (χ2v) is 7.87. The van der Waals surface area contributed by atoms with Crippen molar-refractivity contribution in [1.29, 1.82) is 0 Å². The number of thiazole rings is 1. The lowest BCUT2D eigenvalue weighted by Crippen LogP contribution is -2.44. The van der Waals surface area contributed by atoms with E-state index in [1.807, 2.05) is 20.8 Å². The quantitative estimate of drug-likeness (QED) is 0.355. The smallest absolute Gasteiger partial charge is 0.191 e. The van der Waals surface area contributed by atoms with E-state index >= 15 is 0 Å². The number of rotatable bonds is 5. The number of aromatic nitrogens is 1. The average Bonchev–Trinajstić information content (AvgIpc) is 3.19. The minimum absolute atomic E-state index is 0. The molecule has 5 nitrogen and oxygen atoms in total. The Morgan fingerprint density at radius 3 is 2.64 bits per heavy atom. The van der Waals surface area contributed by atoms with Crippen LogP contribution in [0.15, 0.2) is 23.2 Å². The Morgan fingerprint density at radius 2 is 2.04 bits per heavy atom. The zero-order valence-electron chi connectivity index (χ0n) is 16.3. The van der Waals surface area contributed by atoms with Gasteiger partial charge in [-0.05, 0) is 39.3 Å². The molecule has 0 aliphatic carbocycles. The molecule has 1 unspecified atom stereocenters. The van der Waals surface area contributed by atoms with E-state index in [1.54, 1.807) is 16.2 Å². The van der Waals surface area contributed by atoms with Crippen LogP contribution in [0.3, 0.4) is 0 Å². The molecule has 0 radical (unpaired) electrons. The number of anilines is 1. The second-order valence-electron chi connectivity index (χ2n) is 6.58. The Labute approximate surface area is 185 Å². The molecule has 1 saturated heterocycles. The highest BCUT2D eigenvalue weighted by atomic mass is 127. The summed E-state index contributed by atoms with van der Waals surface area (Å²) in [4.78, 5) is 12.0. The first-order chi connectivity index (χ1) is 13.0. The fourth-order valence-electron chi connectivity index (χ4n) is 3.26. The third kappa shape index (κ3) is 5.53. The molecule has 3 rings (SSSR count). The summed E-state index contributed by atoms with van der Waals surface area (Å²) in [5, 5.41) is 7.66. The second kappa shape index (κ2) is 10.3. The number of nitrogens with one attached hydrogen (secondary N) is 2. The zero-order chi connectivity index (χ0) is 19.4. The van der Waals surface area contributed by atoms with Crippen LogP contribution >= 0.6 is 35.3 Å². The van der Waals surface area contributed by atoms with Gasteiger partial charge in [0.25, 0.3) is 0 Å². The molecule has 0 saturated carbocycles. The van der Waals surface area contributed by atoms with Crippen LogP contribution in [0.4, 0.5) is 14.5 Å². The van der Waals surface area contributed by atoms with Crippen molar-refractivity contribution < 1.29 is 8.78 Å². The molecule has 1 atom stereocenters. The van der Waals surface area contributed by atoms with Crippen LogP contribution in [0, 0.1) is 25.5 Å². The van der Waals surface area contributed by atoms with E-state index < -0.39 is 11.6 Å². The Bertz CT molecular complexity index is 806. The number of halogens is 3. The predicted molar refractivity (Wildman–Crippen MR) is 122 cm³/mol. The summed E-state index contributed by atoms with van der Waals surface area (Å²) >= 11 is 1.65.